The molecule has 0 amide bonds. The van der Waals surface area contributed by atoms with Crippen LogP contribution in [0.25, 0.3) is 0 Å². The van der Waals surface area contributed by atoms with Crippen LogP contribution in [0.15, 0.2) is 84.8 Å². The van der Waals surface area contributed by atoms with Crippen molar-refractivity contribution >= 4 is 15.7 Å². The van der Waals surface area contributed by atoms with Crippen LogP contribution in [0.3, 0.4) is 0 Å². The summed E-state index contributed by atoms with van der Waals surface area (Å²) in [7, 11) is -1.97. The molecule has 0 bridgehead atoms. The van der Waals surface area contributed by atoms with Gasteiger partial charge in [-0.05, 0) is 53.8 Å². The monoisotopic (exact) mass is 436 g/mol. The van der Waals surface area contributed by atoms with Gasteiger partial charge in [0.05, 0.1) is 18.0 Å². The molecule has 1 N–H and O–H groups in total. The maximum atomic E-state index is 13.2. The SMILES string of the molecule is C=CCN(CC=C)S(=O)(=O)c1ccc2c(c1)C1C=CCC1C(c1ccc(OC)cc1)N2. The van der Waals surface area contributed by atoms with E-state index in [4.69, 9.17) is 4.74 Å². The first kappa shape index (κ1) is 21.4. The summed E-state index contributed by atoms with van der Waals surface area (Å²) in [6.45, 7) is 7.86. The second kappa shape index (κ2) is 8.73. The topological polar surface area (TPSA) is 58.6 Å². The number of allylic oxidation sites excluding steroid dienone is 2. The van der Waals surface area contributed by atoms with Gasteiger partial charge in [-0.2, -0.15) is 4.31 Å². The minimum Gasteiger partial charge on any atom is -0.497 e. The molecule has 3 atom stereocenters. The van der Waals surface area contributed by atoms with Crippen LogP contribution >= 0.6 is 0 Å². The predicted octanol–water partition coefficient (Wildman–Crippen LogP) is 4.88. The summed E-state index contributed by atoms with van der Waals surface area (Å²) in [4.78, 5) is 0.304. The fourth-order valence-corrected chi connectivity index (χ4v) is 6.00. The van der Waals surface area contributed by atoms with Crippen LogP contribution in [-0.2, 0) is 10.0 Å². The van der Waals surface area contributed by atoms with Gasteiger partial charge in [0.25, 0.3) is 0 Å². The lowest BCUT2D eigenvalue weighted by Gasteiger charge is -2.38. The number of anilines is 1. The zero-order valence-corrected chi connectivity index (χ0v) is 18.5. The number of methoxy groups -OCH3 is 1. The molecule has 2 aromatic carbocycles. The molecule has 4 rings (SSSR count). The highest BCUT2D eigenvalue weighted by atomic mass is 32.2. The summed E-state index contributed by atoms with van der Waals surface area (Å²) in [5, 5.41) is 3.66. The van der Waals surface area contributed by atoms with E-state index in [9.17, 15) is 8.42 Å². The number of benzene rings is 2. The van der Waals surface area contributed by atoms with Gasteiger partial charge in [0.1, 0.15) is 5.75 Å². The zero-order valence-electron chi connectivity index (χ0n) is 17.7. The fourth-order valence-electron chi connectivity index (χ4n) is 4.58. The molecule has 1 aliphatic heterocycles. The third-order valence-electron chi connectivity index (χ3n) is 6.11. The number of sulfonamides is 1. The minimum absolute atomic E-state index is 0.152. The minimum atomic E-state index is -3.64. The fraction of sp³-hybridized carbons (Fsp3) is 0.280. The van der Waals surface area contributed by atoms with E-state index in [0.29, 0.717) is 10.8 Å². The van der Waals surface area contributed by atoms with Gasteiger partial charge in [-0.15, -0.1) is 13.2 Å². The summed E-state index contributed by atoms with van der Waals surface area (Å²) in [6.07, 6.45) is 8.55. The van der Waals surface area contributed by atoms with Gasteiger partial charge in [-0.1, -0.05) is 36.4 Å². The molecule has 1 heterocycles. The first-order chi connectivity index (χ1) is 15.0. The molecule has 0 fully saturated rings. The largest absolute Gasteiger partial charge is 0.497 e. The first-order valence-electron chi connectivity index (χ1n) is 10.4. The molecule has 2 aliphatic rings. The molecule has 0 spiro atoms. The van der Waals surface area contributed by atoms with Gasteiger partial charge in [0.2, 0.25) is 10.0 Å². The Morgan fingerprint density at radius 2 is 1.84 bits per heavy atom. The smallest absolute Gasteiger partial charge is 0.243 e. The maximum Gasteiger partial charge on any atom is 0.243 e. The molecule has 3 unspecified atom stereocenters. The highest BCUT2D eigenvalue weighted by Crippen LogP contribution is 2.50. The lowest BCUT2D eigenvalue weighted by molar-refractivity contribution is 0.411. The maximum absolute atomic E-state index is 13.2. The van der Waals surface area contributed by atoms with E-state index in [1.165, 1.54) is 9.87 Å². The summed E-state index contributed by atoms with van der Waals surface area (Å²) in [5.41, 5.74) is 3.21. The van der Waals surface area contributed by atoms with E-state index >= 15 is 0 Å². The van der Waals surface area contributed by atoms with Crippen molar-refractivity contribution in [2.45, 2.75) is 23.3 Å². The Balaban J connectivity index is 1.70. The van der Waals surface area contributed by atoms with E-state index in [1.54, 1.807) is 25.3 Å². The molecule has 6 heteroatoms. The van der Waals surface area contributed by atoms with E-state index in [2.05, 4.69) is 42.8 Å². The van der Waals surface area contributed by atoms with E-state index in [1.807, 2.05) is 24.3 Å². The number of nitrogens with one attached hydrogen (secondary N) is 1. The molecule has 5 nitrogen and oxygen atoms in total. The lowest BCUT2D eigenvalue weighted by atomic mass is 9.77. The average molecular weight is 437 g/mol. The molecule has 31 heavy (non-hydrogen) atoms. The molecular weight excluding hydrogens is 408 g/mol. The van der Waals surface area contributed by atoms with Crippen molar-refractivity contribution in [1.82, 2.24) is 4.31 Å². The third kappa shape index (κ3) is 3.93. The van der Waals surface area contributed by atoms with E-state index in [-0.39, 0.29) is 25.0 Å². The standard InChI is InChI=1S/C25H28N2O3S/c1-4-15-27(16-5-2)31(28,29)20-13-14-24-23(17-20)21-7-6-8-22(21)25(26-24)18-9-11-19(30-3)12-10-18/h4-7,9-14,17,21-22,25-26H,1-2,8,15-16H2,3H3. The highest BCUT2D eigenvalue weighted by molar-refractivity contribution is 7.89. The second-order valence-corrected chi connectivity index (χ2v) is 9.84. The molecule has 2 aromatic rings. The van der Waals surface area contributed by atoms with Gasteiger partial charge in [-0.25, -0.2) is 8.42 Å². The van der Waals surface area contributed by atoms with Crippen LogP contribution < -0.4 is 10.1 Å². The van der Waals surface area contributed by atoms with Gasteiger partial charge >= 0.3 is 0 Å². The zero-order chi connectivity index (χ0) is 22.0. The summed E-state index contributed by atoms with van der Waals surface area (Å²) >= 11 is 0. The Bertz CT molecular complexity index is 1100. The quantitative estimate of drug-likeness (QED) is 0.599. The summed E-state index contributed by atoms with van der Waals surface area (Å²) in [5.74, 6) is 1.33. The summed E-state index contributed by atoms with van der Waals surface area (Å²) < 4.78 is 33.1. The molecular formula is C25H28N2O3S. The Morgan fingerprint density at radius 1 is 1.13 bits per heavy atom. The van der Waals surface area contributed by atoms with Crippen molar-refractivity contribution in [3.05, 3.63) is 91.1 Å². The van der Waals surface area contributed by atoms with Crippen molar-refractivity contribution in [3.63, 3.8) is 0 Å². The average Bonchev–Trinajstić information content (AvgIpc) is 3.28. The van der Waals surface area contributed by atoms with Gasteiger partial charge in [0.15, 0.2) is 0 Å². The Hall–Kier alpha value is -2.83. The Kier molecular flexibility index (Phi) is 6.03. The number of nitrogens with zero attached hydrogens (tertiary/aromatic N) is 1. The van der Waals surface area contributed by atoms with Crippen LogP contribution in [0.2, 0.25) is 0 Å². The van der Waals surface area contributed by atoms with Crippen molar-refractivity contribution in [1.29, 1.82) is 0 Å². The van der Waals surface area contributed by atoms with Crippen LogP contribution in [0.5, 0.6) is 5.75 Å². The van der Waals surface area contributed by atoms with Crippen molar-refractivity contribution in [3.8, 4) is 5.75 Å². The molecule has 0 radical (unpaired) electrons. The van der Waals surface area contributed by atoms with Crippen LogP contribution in [-0.4, -0.2) is 32.9 Å². The third-order valence-corrected chi connectivity index (χ3v) is 7.94. The van der Waals surface area contributed by atoms with E-state index < -0.39 is 10.0 Å². The highest BCUT2D eigenvalue weighted by Gasteiger charge is 2.38. The Labute approximate surface area is 184 Å². The van der Waals surface area contributed by atoms with Crippen LogP contribution in [0.4, 0.5) is 5.69 Å². The molecule has 0 saturated heterocycles. The lowest BCUT2D eigenvalue weighted by Crippen LogP contribution is -2.32. The molecule has 0 saturated carbocycles. The molecule has 162 valence electrons. The second-order valence-electron chi connectivity index (χ2n) is 7.90. The number of hydrogen-bond acceptors (Lipinski definition) is 4. The van der Waals surface area contributed by atoms with Crippen LogP contribution in [0, 0.1) is 5.92 Å². The number of ether oxygens (including phenoxy) is 1. The summed E-state index contributed by atoms with van der Waals surface area (Å²) in [6, 6.07) is 13.7. The van der Waals surface area contributed by atoms with Crippen LogP contribution in [0.1, 0.15) is 29.5 Å². The van der Waals surface area contributed by atoms with Gasteiger partial charge < -0.3 is 10.1 Å². The van der Waals surface area contributed by atoms with Crippen molar-refractivity contribution in [2.24, 2.45) is 5.92 Å². The number of fused-ring (bicyclic) bond motifs is 3. The predicted molar refractivity (Wildman–Crippen MR) is 125 cm³/mol. The van der Waals surface area contributed by atoms with E-state index in [0.717, 1.165) is 23.4 Å². The molecule has 1 aliphatic carbocycles. The van der Waals surface area contributed by atoms with Gasteiger partial charge in [-0.3, -0.25) is 0 Å². The van der Waals surface area contributed by atoms with Gasteiger partial charge in [0, 0.05) is 24.7 Å². The number of rotatable bonds is 8. The van der Waals surface area contributed by atoms with Crippen molar-refractivity contribution in [2.75, 3.05) is 25.5 Å². The Morgan fingerprint density at radius 3 is 2.48 bits per heavy atom. The normalized spacial score (nSPS) is 21.8. The first-order valence-corrected chi connectivity index (χ1v) is 11.9. The number of hydrogen-bond donors (Lipinski definition) is 1. The van der Waals surface area contributed by atoms with Crippen molar-refractivity contribution < 1.29 is 13.2 Å². The molecule has 0 aromatic heterocycles.